The third kappa shape index (κ3) is 4.22. The molecule has 1 fully saturated rings. The number of nitrogens with one attached hydrogen (secondary N) is 1. The second kappa shape index (κ2) is 8.01. The number of alkyl halides is 2. The molecule has 0 saturated carbocycles. The summed E-state index contributed by atoms with van der Waals surface area (Å²) in [5.74, 6) is -6.01. The number of rotatable bonds is 4. The largest absolute Gasteiger partial charge is 0.332 e. The number of amides is 2. The van der Waals surface area contributed by atoms with Gasteiger partial charge < -0.3 is 10.2 Å². The first kappa shape index (κ1) is 21.9. The molecule has 0 radical (unpaired) electrons. The predicted molar refractivity (Wildman–Crippen MR) is 109 cm³/mol. The molecular weight excluding hydrogens is 452 g/mol. The number of thiophene rings is 1. The van der Waals surface area contributed by atoms with Gasteiger partial charge in [0.1, 0.15) is 23.0 Å². The van der Waals surface area contributed by atoms with E-state index in [2.05, 4.69) is 10.3 Å². The zero-order chi connectivity index (χ0) is 23.2. The molecule has 32 heavy (non-hydrogen) atoms. The van der Waals surface area contributed by atoms with E-state index >= 15 is 0 Å². The lowest BCUT2D eigenvalue weighted by atomic mass is 10.2. The third-order valence-corrected chi connectivity index (χ3v) is 6.22. The first-order chi connectivity index (χ1) is 15.0. The summed E-state index contributed by atoms with van der Waals surface area (Å²) in [6, 6.07) is 2.50. The maximum absolute atomic E-state index is 13.5. The lowest BCUT2D eigenvalue weighted by molar-refractivity contribution is -0.116. The minimum atomic E-state index is -2.94. The molecule has 0 unspecified atom stereocenters. The predicted octanol–water partition coefficient (Wildman–Crippen LogP) is 3.16. The number of nitrogens with zero attached hydrogens (tertiary/aromatic N) is 3. The number of carbonyl (C=O) groups excluding carboxylic acids is 2. The Bertz CT molecular complexity index is 1280. The molecule has 1 aliphatic rings. The molecule has 4 rings (SSSR count). The highest BCUT2D eigenvalue weighted by atomic mass is 32.1. The maximum atomic E-state index is 13.5. The van der Waals surface area contributed by atoms with Gasteiger partial charge in [-0.05, 0) is 24.6 Å². The second-order valence-corrected chi connectivity index (χ2v) is 8.45. The van der Waals surface area contributed by atoms with E-state index in [0.717, 1.165) is 39.3 Å². The number of benzene rings is 1. The highest BCUT2D eigenvalue weighted by Crippen LogP contribution is 2.32. The van der Waals surface area contributed by atoms with E-state index in [1.807, 2.05) is 0 Å². The topological polar surface area (TPSA) is 84.3 Å². The van der Waals surface area contributed by atoms with Gasteiger partial charge in [-0.15, -0.1) is 11.3 Å². The number of likely N-dealkylation sites (tertiary alicyclic amines) is 1. The van der Waals surface area contributed by atoms with Crippen LogP contribution in [0.25, 0.3) is 10.2 Å². The molecule has 1 aromatic carbocycles. The molecule has 12 heteroatoms. The van der Waals surface area contributed by atoms with Crippen LogP contribution in [-0.4, -0.2) is 45.3 Å². The van der Waals surface area contributed by atoms with E-state index in [-0.39, 0.29) is 27.3 Å². The SMILES string of the molecule is Cc1c(C(=O)N2CCC(F)(F)C2)sc2ncn(CC(=O)Nc3cc(F)cc(F)c3)c(=O)c12. The average molecular weight is 468 g/mol. The van der Waals surface area contributed by atoms with Gasteiger partial charge in [-0.25, -0.2) is 22.5 Å². The first-order valence-electron chi connectivity index (χ1n) is 9.46. The summed E-state index contributed by atoms with van der Waals surface area (Å²) in [7, 11) is 0. The molecule has 3 aromatic rings. The van der Waals surface area contributed by atoms with Crippen molar-refractivity contribution in [3.8, 4) is 0 Å². The molecule has 3 heterocycles. The van der Waals surface area contributed by atoms with Crippen molar-refractivity contribution in [3.63, 3.8) is 0 Å². The number of hydrogen-bond acceptors (Lipinski definition) is 5. The van der Waals surface area contributed by atoms with Crippen molar-refractivity contribution in [1.29, 1.82) is 0 Å². The normalized spacial score (nSPS) is 15.3. The molecule has 0 aliphatic carbocycles. The summed E-state index contributed by atoms with van der Waals surface area (Å²) in [5, 5.41) is 2.40. The standard InChI is InChI=1S/C20H16F4N4O3S/c1-10-15-17(32-16(10)19(31)27-3-2-20(23,24)8-27)25-9-28(18(15)30)7-14(29)26-13-5-11(21)4-12(22)6-13/h4-6,9H,2-3,7-8H2,1H3,(H,26,29). The lowest BCUT2D eigenvalue weighted by Gasteiger charge is -2.15. The fourth-order valence-electron chi connectivity index (χ4n) is 3.51. The first-order valence-corrected chi connectivity index (χ1v) is 10.3. The summed E-state index contributed by atoms with van der Waals surface area (Å²) < 4.78 is 54.5. The van der Waals surface area contributed by atoms with Crippen molar-refractivity contribution in [1.82, 2.24) is 14.5 Å². The van der Waals surface area contributed by atoms with Gasteiger partial charge in [-0.2, -0.15) is 0 Å². The average Bonchev–Trinajstić information content (AvgIpc) is 3.22. The Kier molecular flexibility index (Phi) is 5.49. The third-order valence-electron chi connectivity index (χ3n) is 5.03. The number of fused-ring (bicyclic) bond motifs is 1. The lowest BCUT2D eigenvalue weighted by Crippen LogP contribution is -2.31. The fourth-order valence-corrected chi connectivity index (χ4v) is 4.62. The van der Waals surface area contributed by atoms with E-state index in [0.29, 0.717) is 11.6 Å². The molecular formula is C20H16F4N4O3S. The van der Waals surface area contributed by atoms with Crippen LogP contribution in [0.5, 0.6) is 0 Å². The summed E-state index contributed by atoms with van der Waals surface area (Å²) in [6.07, 6.45) is 0.697. The van der Waals surface area contributed by atoms with Crippen LogP contribution in [0.1, 0.15) is 21.7 Å². The molecule has 0 spiro atoms. The quantitative estimate of drug-likeness (QED) is 0.597. The van der Waals surface area contributed by atoms with Crippen LogP contribution >= 0.6 is 11.3 Å². The van der Waals surface area contributed by atoms with Gasteiger partial charge in [-0.1, -0.05) is 0 Å². The number of aryl methyl sites for hydroxylation is 1. The van der Waals surface area contributed by atoms with Crippen LogP contribution in [-0.2, 0) is 11.3 Å². The monoisotopic (exact) mass is 468 g/mol. The fraction of sp³-hybridized carbons (Fsp3) is 0.300. The molecule has 1 N–H and O–H groups in total. The van der Waals surface area contributed by atoms with Crippen LogP contribution in [0, 0.1) is 18.6 Å². The Labute approximate surface area is 182 Å². The Balaban J connectivity index is 1.59. The van der Waals surface area contributed by atoms with Gasteiger partial charge in [0, 0.05) is 24.7 Å². The molecule has 168 valence electrons. The minimum absolute atomic E-state index is 0.0853. The Morgan fingerprint density at radius 3 is 2.53 bits per heavy atom. The Morgan fingerprint density at radius 1 is 1.22 bits per heavy atom. The summed E-state index contributed by atoms with van der Waals surface area (Å²) in [5.41, 5.74) is -0.420. The van der Waals surface area contributed by atoms with Crippen LogP contribution < -0.4 is 10.9 Å². The van der Waals surface area contributed by atoms with Gasteiger partial charge in [0.05, 0.1) is 23.1 Å². The molecule has 1 aliphatic heterocycles. The molecule has 7 nitrogen and oxygen atoms in total. The molecule has 0 atom stereocenters. The van der Waals surface area contributed by atoms with Crippen LogP contribution in [0.4, 0.5) is 23.2 Å². The molecule has 0 bridgehead atoms. The molecule has 1 saturated heterocycles. The minimum Gasteiger partial charge on any atom is -0.332 e. The summed E-state index contributed by atoms with van der Waals surface area (Å²) >= 11 is 0.922. The highest BCUT2D eigenvalue weighted by Gasteiger charge is 2.41. The number of anilines is 1. The highest BCUT2D eigenvalue weighted by molar-refractivity contribution is 7.20. The zero-order valence-electron chi connectivity index (χ0n) is 16.6. The van der Waals surface area contributed by atoms with E-state index in [1.54, 1.807) is 0 Å². The van der Waals surface area contributed by atoms with Gasteiger partial charge in [0.15, 0.2) is 0 Å². The van der Waals surface area contributed by atoms with E-state index < -0.39 is 54.4 Å². The van der Waals surface area contributed by atoms with Gasteiger partial charge >= 0.3 is 0 Å². The van der Waals surface area contributed by atoms with Gasteiger partial charge in [-0.3, -0.25) is 19.0 Å². The van der Waals surface area contributed by atoms with Crippen LogP contribution in [0.2, 0.25) is 0 Å². The van der Waals surface area contributed by atoms with Crippen molar-refractivity contribution >= 4 is 39.1 Å². The van der Waals surface area contributed by atoms with Gasteiger partial charge in [0.25, 0.3) is 17.4 Å². The van der Waals surface area contributed by atoms with Crippen molar-refractivity contribution in [3.05, 3.63) is 57.0 Å². The molecule has 2 amide bonds. The van der Waals surface area contributed by atoms with E-state index in [1.165, 1.54) is 6.92 Å². The Morgan fingerprint density at radius 2 is 1.91 bits per heavy atom. The van der Waals surface area contributed by atoms with E-state index in [9.17, 15) is 31.9 Å². The van der Waals surface area contributed by atoms with Crippen molar-refractivity contribution in [2.45, 2.75) is 25.8 Å². The van der Waals surface area contributed by atoms with Crippen molar-refractivity contribution in [2.24, 2.45) is 0 Å². The van der Waals surface area contributed by atoms with Crippen LogP contribution in [0.3, 0.4) is 0 Å². The van der Waals surface area contributed by atoms with E-state index in [4.69, 9.17) is 0 Å². The number of carbonyl (C=O) groups is 2. The van der Waals surface area contributed by atoms with Gasteiger partial charge in [0.2, 0.25) is 5.91 Å². The zero-order valence-corrected chi connectivity index (χ0v) is 17.4. The number of aromatic nitrogens is 2. The smallest absolute Gasteiger partial charge is 0.267 e. The second-order valence-electron chi connectivity index (χ2n) is 7.45. The Hall–Kier alpha value is -3.28. The van der Waals surface area contributed by atoms with Crippen molar-refractivity contribution in [2.75, 3.05) is 18.4 Å². The summed E-state index contributed by atoms with van der Waals surface area (Å²) in [6.45, 7) is 0.260. The summed E-state index contributed by atoms with van der Waals surface area (Å²) in [4.78, 5) is 43.4. The van der Waals surface area contributed by atoms with Crippen LogP contribution in [0.15, 0.2) is 29.3 Å². The molecule has 2 aromatic heterocycles. The van der Waals surface area contributed by atoms with Crippen molar-refractivity contribution < 1.29 is 27.2 Å². The maximum Gasteiger partial charge on any atom is 0.267 e. The number of halogens is 4. The number of hydrogen-bond donors (Lipinski definition) is 1.